The molecule has 16 heavy (non-hydrogen) atoms. The number of hydrogen-bond donors (Lipinski definition) is 1. The normalized spacial score (nSPS) is 36.1. The largest absolute Gasteiger partial charge is 0.329 e. The van der Waals surface area contributed by atoms with Crippen molar-refractivity contribution in [3.63, 3.8) is 0 Å². The lowest BCUT2D eigenvalue weighted by Crippen LogP contribution is -2.53. The summed E-state index contributed by atoms with van der Waals surface area (Å²) >= 11 is 0. The van der Waals surface area contributed by atoms with Gasteiger partial charge >= 0.3 is 0 Å². The molecule has 2 fully saturated rings. The van der Waals surface area contributed by atoms with Gasteiger partial charge in [0.1, 0.15) is 0 Å². The second-order valence-electron chi connectivity index (χ2n) is 5.03. The lowest BCUT2D eigenvalue weighted by Gasteiger charge is -2.42. The SMILES string of the molecule is NCC1CCCCN1C1CCCS(=O)(=O)C1. The standard InChI is InChI=1S/C11H22N2O2S/c12-8-10-4-1-2-6-13(10)11-5-3-7-16(14,15)9-11/h10-11H,1-9,12H2. The number of hydrogen-bond acceptors (Lipinski definition) is 4. The fourth-order valence-electron chi connectivity index (χ4n) is 3.02. The molecule has 0 spiro atoms. The van der Waals surface area contributed by atoms with Crippen LogP contribution < -0.4 is 5.73 Å². The van der Waals surface area contributed by atoms with E-state index in [9.17, 15) is 8.42 Å². The first kappa shape index (κ1) is 12.3. The Morgan fingerprint density at radius 2 is 2.00 bits per heavy atom. The van der Waals surface area contributed by atoms with E-state index in [0.29, 0.717) is 24.1 Å². The lowest BCUT2D eigenvalue weighted by atomic mass is 9.98. The van der Waals surface area contributed by atoms with Crippen LogP contribution in [0.1, 0.15) is 32.1 Å². The summed E-state index contributed by atoms with van der Waals surface area (Å²) in [7, 11) is -2.80. The molecule has 94 valence electrons. The van der Waals surface area contributed by atoms with E-state index in [-0.39, 0.29) is 6.04 Å². The molecule has 0 aromatic heterocycles. The van der Waals surface area contributed by atoms with Crippen LogP contribution in [-0.4, -0.2) is 50.0 Å². The summed E-state index contributed by atoms with van der Waals surface area (Å²) < 4.78 is 23.3. The van der Waals surface area contributed by atoms with E-state index in [2.05, 4.69) is 4.90 Å². The Bertz CT molecular complexity index is 329. The third-order valence-electron chi connectivity index (χ3n) is 3.85. The Labute approximate surface area is 98.1 Å². The number of piperidine rings is 1. The molecule has 2 rings (SSSR count). The average Bonchev–Trinajstić information content (AvgIpc) is 2.27. The fraction of sp³-hybridized carbons (Fsp3) is 1.00. The highest BCUT2D eigenvalue weighted by molar-refractivity contribution is 7.91. The zero-order valence-electron chi connectivity index (χ0n) is 9.77. The number of nitrogens with zero attached hydrogens (tertiary/aromatic N) is 1. The van der Waals surface area contributed by atoms with Crippen LogP contribution in [0.3, 0.4) is 0 Å². The summed E-state index contributed by atoms with van der Waals surface area (Å²) in [5.41, 5.74) is 5.78. The van der Waals surface area contributed by atoms with E-state index >= 15 is 0 Å². The van der Waals surface area contributed by atoms with Crippen LogP contribution in [0.25, 0.3) is 0 Å². The molecule has 4 nitrogen and oxygen atoms in total. The average molecular weight is 246 g/mol. The van der Waals surface area contributed by atoms with Gasteiger partial charge < -0.3 is 5.73 Å². The van der Waals surface area contributed by atoms with Gasteiger partial charge in [0.05, 0.1) is 11.5 Å². The van der Waals surface area contributed by atoms with Gasteiger partial charge in [0.25, 0.3) is 0 Å². The summed E-state index contributed by atoms with van der Waals surface area (Å²) in [5.74, 6) is 0.730. The second kappa shape index (κ2) is 5.02. The minimum absolute atomic E-state index is 0.229. The Balaban J connectivity index is 2.04. The smallest absolute Gasteiger partial charge is 0.151 e. The van der Waals surface area contributed by atoms with Crippen molar-refractivity contribution >= 4 is 9.84 Å². The fourth-order valence-corrected chi connectivity index (χ4v) is 4.73. The van der Waals surface area contributed by atoms with Gasteiger partial charge in [0, 0.05) is 18.6 Å². The number of likely N-dealkylation sites (tertiary alicyclic amines) is 1. The van der Waals surface area contributed by atoms with E-state index in [1.165, 1.54) is 12.8 Å². The van der Waals surface area contributed by atoms with Crippen LogP contribution in [-0.2, 0) is 9.84 Å². The molecule has 2 saturated heterocycles. The summed E-state index contributed by atoms with van der Waals surface area (Å²) in [6.45, 7) is 1.69. The van der Waals surface area contributed by atoms with Crippen LogP contribution in [0, 0.1) is 0 Å². The minimum Gasteiger partial charge on any atom is -0.329 e. The third kappa shape index (κ3) is 2.76. The maximum atomic E-state index is 11.6. The van der Waals surface area contributed by atoms with Gasteiger partial charge in [-0.1, -0.05) is 6.42 Å². The molecule has 0 aromatic rings. The molecular formula is C11H22N2O2S. The second-order valence-corrected chi connectivity index (χ2v) is 7.26. The van der Waals surface area contributed by atoms with Gasteiger partial charge in [-0.3, -0.25) is 4.90 Å². The van der Waals surface area contributed by atoms with E-state index in [0.717, 1.165) is 25.8 Å². The van der Waals surface area contributed by atoms with Crippen LogP contribution in [0.2, 0.25) is 0 Å². The topological polar surface area (TPSA) is 63.4 Å². The lowest BCUT2D eigenvalue weighted by molar-refractivity contribution is 0.102. The van der Waals surface area contributed by atoms with E-state index in [1.54, 1.807) is 0 Å². The number of sulfone groups is 1. The Morgan fingerprint density at radius 3 is 2.69 bits per heavy atom. The van der Waals surface area contributed by atoms with Gasteiger partial charge in [-0.05, 0) is 32.2 Å². The van der Waals surface area contributed by atoms with Gasteiger partial charge in [0.2, 0.25) is 0 Å². The van der Waals surface area contributed by atoms with Crippen LogP contribution in [0.5, 0.6) is 0 Å². The zero-order valence-corrected chi connectivity index (χ0v) is 10.6. The molecule has 5 heteroatoms. The first-order chi connectivity index (χ1) is 7.62. The van der Waals surface area contributed by atoms with Crippen LogP contribution in [0.15, 0.2) is 0 Å². The van der Waals surface area contributed by atoms with Gasteiger partial charge in [0.15, 0.2) is 9.84 Å². The van der Waals surface area contributed by atoms with Crippen molar-refractivity contribution < 1.29 is 8.42 Å². The molecule has 2 N–H and O–H groups in total. The molecular weight excluding hydrogens is 224 g/mol. The van der Waals surface area contributed by atoms with Crippen molar-refractivity contribution in [3.05, 3.63) is 0 Å². The highest BCUT2D eigenvalue weighted by atomic mass is 32.2. The Morgan fingerprint density at radius 1 is 1.19 bits per heavy atom. The van der Waals surface area contributed by atoms with Crippen molar-refractivity contribution in [3.8, 4) is 0 Å². The summed E-state index contributed by atoms with van der Waals surface area (Å²) in [4.78, 5) is 2.36. The minimum atomic E-state index is -2.80. The molecule has 0 aliphatic carbocycles. The van der Waals surface area contributed by atoms with Crippen molar-refractivity contribution in [2.75, 3.05) is 24.6 Å². The van der Waals surface area contributed by atoms with E-state index < -0.39 is 9.84 Å². The summed E-state index contributed by atoms with van der Waals surface area (Å²) in [6.07, 6.45) is 5.40. The monoisotopic (exact) mass is 246 g/mol. The molecule has 2 aliphatic rings. The highest BCUT2D eigenvalue weighted by Crippen LogP contribution is 2.25. The molecule has 2 atom stereocenters. The maximum Gasteiger partial charge on any atom is 0.151 e. The third-order valence-corrected chi connectivity index (χ3v) is 5.66. The maximum absolute atomic E-state index is 11.6. The van der Waals surface area contributed by atoms with Gasteiger partial charge in [-0.25, -0.2) is 8.42 Å². The molecule has 0 aromatic carbocycles. The molecule has 2 unspecified atom stereocenters. The Hall–Kier alpha value is -0.130. The predicted molar refractivity (Wildman–Crippen MR) is 65.1 cm³/mol. The molecule has 0 amide bonds. The number of nitrogens with two attached hydrogens (primary N) is 1. The van der Waals surface area contributed by atoms with Crippen molar-refractivity contribution in [2.24, 2.45) is 5.73 Å². The van der Waals surface area contributed by atoms with E-state index in [4.69, 9.17) is 5.73 Å². The predicted octanol–water partition coefficient (Wildman–Crippen LogP) is 0.377. The van der Waals surface area contributed by atoms with Crippen LogP contribution >= 0.6 is 0 Å². The first-order valence-electron chi connectivity index (χ1n) is 6.28. The molecule has 2 heterocycles. The zero-order chi connectivity index (χ0) is 11.6. The van der Waals surface area contributed by atoms with Crippen molar-refractivity contribution in [1.29, 1.82) is 0 Å². The molecule has 0 bridgehead atoms. The number of rotatable bonds is 2. The molecule has 0 saturated carbocycles. The first-order valence-corrected chi connectivity index (χ1v) is 8.11. The van der Waals surface area contributed by atoms with Crippen LogP contribution in [0.4, 0.5) is 0 Å². The quantitative estimate of drug-likeness (QED) is 0.765. The van der Waals surface area contributed by atoms with Gasteiger partial charge in [-0.2, -0.15) is 0 Å². The van der Waals surface area contributed by atoms with Crippen molar-refractivity contribution in [2.45, 2.75) is 44.2 Å². The summed E-state index contributed by atoms with van der Waals surface area (Å²) in [6, 6.07) is 0.639. The van der Waals surface area contributed by atoms with E-state index in [1.807, 2.05) is 0 Å². The van der Waals surface area contributed by atoms with Crippen molar-refractivity contribution in [1.82, 2.24) is 4.90 Å². The van der Waals surface area contributed by atoms with Gasteiger partial charge in [-0.15, -0.1) is 0 Å². The highest BCUT2D eigenvalue weighted by Gasteiger charge is 2.33. The Kier molecular flexibility index (Phi) is 3.87. The molecule has 0 radical (unpaired) electrons. The summed E-state index contributed by atoms with van der Waals surface area (Å²) in [5, 5.41) is 0. The molecule has 2 aliphatic heterocycles.